The van der Waals surface area contributed by atoms with E-state index >= 15 is 0 Å². The first kappa shape index (κ1) is 12.6. The zero-order valence-corrected chi connectivity index (χ0v) is 9.78. The van der Waals surface area contributed by atoms with Crippen LogP contribution in [0.25, 0.3) is 0 Å². The Morgan fingerprint density at radius 3 is 2.67 bits per heavy atom. The van der Waals surface area contributed by atoms with Crippen LogP contribution < -0.4 is 16.6 Å². The maximum Gasteiger partial charge on any atom is 0.325 e. The lowest BCUT2D eigenvalue weighted by Crippen LogP contribution is -2.34. The van der Waals surface area contributed by atoms with Gasteiger partial charge in [-0.2, -0.15) is 0 Å². The van der Waals surface area contributed by atoms with Crippen LogP contribution in [0.2, 0.25) is 0 Å². The van der Waals surface area contributed by atoms with Gasteiger partial charge in [0.2, 0.25) is 5.91 Å². The van der Waals surface area contributed by atoms with E-state index in [-0.39, 0.29) is 30.0 Å². The van der Waals surface area contributed by atoms with Gasteiger partial charge in [-0.3, -0.25) is 14.6 Å². The number of amides is 1. The molecule has 0 aliphatic heterocycles. The molecule has 1 aliphatic carbocycles. The zero-order chi connectivity index (χ0) is 13.2. The maximum absolute atomic E-state index is 11.6. The largest absolute Gasteiger partial charge is 0.396 e. The van der Waals surface area contributed by atoms with Crippen LogP contribution >= 0.6 is 0 Å². The highest BCUT2D eigenvalue weighted by atomic mass is 16.3. The molecule has 1 amide bonds. The lowest BCUT2D eigenvalue weighted by molar-refractivity contribution is -0.120. The molecular formula is C11H15N3O4. The summed E-state index contributed by atoms with van der Waals surface area (Å²) in [6.07, 6.45) is 1.76. The van der Waals surface area contributed by atoms with Crippen molar-refractivity contribution in [2.24, 2.45) is 5.41 Å². The van der Waals surface area contributed by atoms with Crippen molar-refractivity contribution in [3.8, 4) is 0 Å². The highest BCUT2D eigenvalue weighted by Gasteiger charge is 2.41. The Hall–Kier alpha value is -1.89. The van der Waals surface area contributed by atoms with Crippen molar-refractivity contribution in [1.29, 1.82) is 0 Å². The van der Waals surface area contributed by atoms with Gasteiger partial charge < -0.3 is 15.4 Å². The first-order valence-corrected chi connectivity index (χ1v) is 5.73. The third kappa shape index (κ3) is 3.07. The van der Waals surface area contributed by atoms with Crippen molar-refractivity contribution < 1.29 is 9.90 Å². The molecule has 98 valence electrons. The number of hydrogen-bond donors (Lipinski definition) is 4. The molecule has 0 aromatic carbocycles. The normalized spacial score (nSPS) is 16.3. The number of H-pyrrole nitrogens is 2. The average Bonchev–Trinajstić information content (AvgIpc) is 3.05. The molecule has 18 heavy (non-hydrogen) atoms. The van der Waals surface area contributed by atoms with Gasteiger partial charge in [0.05, 0.1) is 13.0 Å². The maximum atomic E-state index is 11.6. The van der Waals surface area contributed by atoms with Gasteiger partial charge in [0.15, 0.2) is 0 Å². The van der Waals surface area contributed by atoms with Crippen LogP contribution in [0.4, 0.5) is 0 Å². The lowest BCUT2D eigenvalue weighted by atomic mass is 10.1. The molecular weight excluding hydrogens is 238 g/mol. The minimum atomic E-state index is -0.626. The third-order valence-electron chi connectivity index (χ3n) is 3.12. The summed E-state index contributed by atoms with van der Waals surface area (Å²) in [5, 5.41) is 11.8. The van der Waals surface area contributed by atoms with Gasteiger partial charge in [0.25, 0.3) is 5.56 Å². The summed E-state index contributed by atoms with van der Waals surface area (Å²) < 4.78 is 0. The van der Waals surface area contributed by atoms with Crippen molar-refractivity contribution in [3.05, 3.63) is 32.6 Å². The molecule has 1 aromatic rings. The van der Waals surface area contributed by atoms with E-state index in [1.807, 2.05) is 4.98 Å². The Balaban J connectivity index is 1.91. The Morgan fingerprint density at radius 1 is 1.39 bits per heavy atom. The molecule has 1 fully saturated rings. The van der Waals surface area contributed by atoms with Gasteiger partial charge in [0.1, 0.15) is 0 Å². The molecule has 0 spiro atoms. The minimum absolute atomic E-state index is 0.0549. The van der Waals surface area contributed by atoms with Gasteiger partial charge in [0, 0.05) is 23.7 Å². The van der Waals surface area contributed by atoms with Gasteiger partial charge in [-0.1, -0.05) is 0 Å². The van der Waals surface area contributed by atoms with Gasteiger partial charge in [-0.15, -0.1) is 0 Å². The predicted molar refractivity (Wildman–Crippen MR) is 63.1 cm³/mol. The highest BCUT2D eigenvalue weighted by molar-refractivity contribution is 5.78. The van der Waals surface area contributed by atoms with Crippen molar-refractivity contribution in [2.75, 3.05) is 13.2 Å². The molecule has 0 unspecified atom stereocenters. The Bertz CT molecular complexity index is 528. The van der Waals surface area contributed by atoms with E-state index in [1.54, 1.807) is 0 Å². The second-order valence-electron chi connectivity index (χ2n) is 4.72. The summed E-state index contributed by atoms with van der Waals surface area (Å²) in [4.78, 5) is 38.0. The van der Waals surface area contributed by atoms with Crippen molar-refractivity contribution in [3.63, 3.8) is 0 Å². The minimum Gasteiger partial charge on any atom is -0.396 e. The first-order valence-electron chi connectivity index (χ1n) is 5.73. The first-order chi connectivity index (χ1) is 8.53. The van der Waals surface area contributed by atoms with Gasteiger partial charge in [-0.05, 0) is 12.8 Å². The molecule has 1 aliphatic rings. The summed E-state index contributed by atoms with van der Waals surface area (Å²) in [5.41, 5.74) is -1.04. The fourth-order valence-corrected chi connectivity index (χ4v) is 1.70. The molecule has 7 heteroatoms. The lowest BCUT2D eigenvalue weighted by Gasteiger charge is -2.12. The number of nitrogens with one attached hydrogen (secondary N) is 3. The molecule has 2 rings (SSSR count). The monoisotopic (exact) mass is 253 g/mol. The predicted octanol–water partition coefficient (Wildman–Crippen LogP) is -1.51. The Morgan fingerprint density at radius 2 is 2.11 bits per heavy atom. The summed E-state index contributed by atoms with van der Waals surface area (Å²) in [7, 11) is 0. The summed E-state index contributed by atoms with van der Waals surface area (Å²) >= 11 is 0. The van der Waals surface area contributed by atoms with Crippen LogP contribution in [0.3, 0.4) is 0 Å². The molecule has 0 radical (unpaired) electrons. The quantitative estimate of drug-likeness (QED) is 0.511. The number of carbonyl (C=O) groups excluding carboxylic acids is 1. The van der Waals surface area contributed by atoms with Crippen molar-refractivity contribution in [1.82, 2.24) is 15.3 Å². The molecule has 7 nitrogen and oxygen atoms in total. The molecule has 4 N–H and O–H groups in total. The van der Waals surface area contributed by atoms with Crippen LogP contribution in [-0.2, 0) is 11.2 Å². The Kier molecular flexibility index (Phi) is 3.33. The third-order valence-corrected chi connectivity index (χ3v) is 3.12. The number of aromatic amines is 2. The molecule has 1 saturated carbocycles. The standard InChI is InChI=1S/C11H15N3O4/c15-6-11(1-2-11)5-12-8(16)3-7-4-9(17)14-10(18)13-7/h4,15H,1-3,5-6H2,(H,12,16)(H2,13,14,17,18). The molecule has 0 bridgehead atoms. The van der Waals surface area contributed by atoms with E-state index in [9.17, 15) is 14.4 Å². The zero-order valence-electron chi connectivity index (χ0n) is 9.78. The second-order valence-corrected chi connectivity index (χ2v) is 4.72. The second kappa shape index (κ2) is 4.77. The number of carbonyl (C=O) groups is 1. The number of aliphatic hydroxyl groups is 1. The molecule has 1 heterocycles. The average molecular weight is 253 g/mol. The SMILES string of the molecule is O=C(Cc1cc(=O)[nH]c(=O)[nH]1)NCC1(CO)CC1. The fourth-order valence-electron chi connectivity index (χ4n) is 1.70. The van der Waals surface area contributed by atoms with Crippen molar-refractivity contribution in [2.45, 2.75) is 19.3 Å². The van der Waals surface area contributed by atoms with Crippen LogP contribution in [-0.4, -0.2) is 34.1 Å². The van der Waals surface area contributed by atoms with Crippen LogP contribution in [0.1, 0.15) is 18.5 Å². The van der Waals surface area contributed by atoms with Crippen LogP contribution in [0.5, 0.6) is 0 Å². The van der Waals surface area contributed by atoms with Gasteiger partial charge >= 0.3 is 5.69 Å². The summed E-state index contributed by atoms with van der Waals surface area (Å²) in [6, 6.07) is 1.18. The Labute approximate surface area is 102 Å². The van der Waals surface area contributed by atoms with E-state index < -0.39 is 11.2 Å². The topological polar surface area (TPSA) is 115 Å². The van der Waals surface area contributed by atoms with E-state index in [2.05, 4.69) is 10.3 Å². The fraction of sp³-hybridized carbons (Fsp3) is 0.545. The van der Waals surface area contributed by atoms with E-state index in [1.165, 1.54) is 6.07 Å². The molecule has 0 saturated heterocycles. The summed E-state index contributed by atoms with van der Waals surface area (Å²) in [5.74, 6) is -0.282. The smallest absolute Gasteiger partial charge is 0.325 e. The van der Waals surface area contributed by atoms with E-state index in [4.69, 9.17) is 5.11 Å². The van der Waals surface area contributed by atoms with Crippen LogP contribution in [0, 0.1) is 5.41 Å². The number of hydrogen-bond acceptors (Lipinski definition) is 4. The summed E-state index contributed by atoms with van der Waals surface area (Å²) in [6.45, 7) is 0.491. The molecule has 0 atom stereocenters. The highest BCUT2D eigenvalue weighted by Crippen LogP contribution is 2.44. The van der Waals surface area contributed by atoms with Gasteiger partial charge in [-0.25, -0.2) is 4.79 Å². The number of rotatable bonds is 5. The van der Waals surface area contributed by atoms with Crippen LogP contribution in [0.15, 0.2) is 15.7 Å². The van der Waals surface area contributed by atoms with Crippen molar-refractivity contribution >= 4 is 5.91 Å². The van der Waals surface area contributed by atoms with E-state index in [0.29, 0.717) is 6.54 Å². The molecule has 1 aromatic heterocycles. The van der Waals surface area contributed by atoms with E-state index in [0.717, 1.165) is 12.8 Å². The number of aliphatic hydroxyl groups excluding tert-OH is 1. The number of aromatic nitrogens is 2.